The number of hydrogen-bond donors (Lipinski definition) is 1. The molecule has 66 valence electrons. The predicted octanol–water partition coefficient (Wildman–Crippen LogP) is 3.92. The van der Waals surface area contributed by atoms with Gasteiger partial charge in [-0.05, 0) is 34.5 Å². The van der Waals surface area contributed by atoms with E-state index in [1.54, 1.807) is 0 Å². The summed E-state index contributed by atoms with van der Waals surface area (Å²) in [5.41, 5.74) is 1.06. The Morgan fingerprint density at radius 2 is 2.25 bits per heavy atom. The van der Waals surface area contributed by atoms with Crippen LogP contribution < -0.4 is 5.32 Å². The van der Waals surface area contributed by atoms with Gasteiger partial charge in [0.05, 0.1) is 9.50 Å². The van der Waals surface area contributed by atoms with E-state index in [2.05, 4.69) is 28.2 Å². The highest BCUT2D eigenvalue weighted by atomic mass is 79.9. The van der Waals surface area contributed by atoms with Crippen LogP contribution >= 0.6 is 27.5 Å². The molecule has 0 saturated carbocycles. The quantitative estimate of drug-likeness (QED) is 0.855. The molecule has 12 heavy (non-hydrogen) atoms. The minimum atomic E-state index is 0.746. The first-order chi connectivity index (χ1) is 5.75. The molecule has 0 aromatic heterocycles. The zero-order valence-electron chi connectivity index (χ0n) is 6.90. The standard InChI is InChI=1S/C9H11BrClN/c1-2-6-12-8-5-3-4-7(11)9(8)10/h3-5,12H,2,6H2,1H3. The highest BCUT2D eigenvalue weighted by Gasteiger charge is 2.01. The molecule has 0 atom stereocenters. The van der Waals surface area contributed by atoms with Crippen molar-refractivity contribution < 1.29 is 0 Å². The summed E-state index contributed by atoms with van der Waals surface area (Å²) in [4.78, 5) is 0. The highest BCUT2D eigenvalue weighted by Crippen LogP contribution is 2.29. The minimum Gasteiger partial charge on any atom is -0.384 e. The van der Waals surface area contributed by atoms with E-state index < -0.39 is 0 Å². The van der Waals surface area contributed by atoms with Crippen LogP contribution in [-0.4, -0.2) is 6.54 Å². The topological polar surface area (TPSA) is 12.0 Å². The molecule has 0 bridgehead atoms. The molecule has 0 aliphatic carbocycles. The third-order valence-corrected chi connectivity index (χ3v) is 2.91. The van der Waals surface area contributed by atoms with Gasteiger partial charge in [-0.1, -0.05) is 24.6 Å². The van der Waals surface area contributed by atoms with Crippen LogP contribution in [0.15, 0.2) is 22.7 Å². The lowest BCUT2D eigenvalue weighted by Gasteiger charge is -2.07. The van der Waals surface area contributed by atoms with Crippen molar-refractivity contribution in [3.8, 4) is 0 Å². The van der Waals surface area contributed by atoms with Gasteiger partial charge < -0.3 is 5.32 Å². The molecule has 1 aromatic carbocycles. The Hall–Kier alpha value is -0.210. The van der Waals surface area contributed by atoms with Crippen LogP contribution in [0.4, 0.5) is 5.69 Å². The Bertz CT molecular complexity index is 263. The van der Waals surface area contributed by atoms with E-state index in [0.29, 0.717) is 0 Å². The second kappa shape index (κ2) is 4.73. The minimum absolute atomic E-state index is 0.746. The van der Waals surface area contributed by atoms with Gasteiger partial charge in [-0.15, -0.1) is 0 Å². The Kier molecular flexibility index (Phi) is 3.89. The molecule has 0 aliphatic rings. The van der Waals surface area contributed by atoms with Crippen molar-refractivity contribution in [1.29, 1.82) is 0 Å². The fourth-order valence-corrected chi connectivity index (χ4v) is 1.48. The Balaban J connectivity index is 2.78. The predicted molar refractivity (Wildman–Crippen MR) is 57.9 cm³/mol. The van der Waals surface area contributed by atoms with Crippen LogP contribution in [0.3, 0.4) is 0 Å². The molecule has 0 aliphatic heterocycles. The molecule has 0 fully saturated rings. The number of nitrogens with one attached hydrogen (secondary N) is 1. The highest BCUT2D eigenvalue weighted by molar-refractivity contribution is 9.10. The van der Waals surface area contributed by atoms with Crippen molar-refractivity contribution in [2.45, 2.75) is 13.3 Å². The van der Waals surface area contributed by atoms with Gasteiger partial charge in [-0.2, -0.15) is 0 Å². The largest absolute Gasteiger partial charge is 0.384 e. The average molecular weight is 249 g/mol. The Labute approximate surface area is 86.2 Å². The summed E-state index contributed by atoms with van der Waals surface area (Å²) < 4.78 is 0.945. The lowest BCUT2D eigenvalue weighted by Crippen LogP contribution is -1.99. The van der Waals surface area contributed by atoms with E-state index in [9.17, 15) is 0 Å². The first kappa shape index (κ1) is 9.87. The summed E-state index contributed by atoms with van der Waals surface area (Å²) in [6.45, 7) is 3.10. The third kappa shape index (κ3) is 2.39. The van der Waals surface area contributed by atoms with E-state index in [1.807, 2.05) is 18.2 Å². The summed E-state index contributed by atoms with van der Waals surface area (Å²) in [6, 6.07) is 5.81. The molecule has 0 saturated heterocycles. The van der Waals surface area contributed by atoms with Gasteiger partial charge in [0.15, 0.2) is 0 Å². The summed E-state index contributed by atoms with van der Waals surface area (Å²) in [7, 11) is 0. The molecule has 3 heteroatoms. The molecule has 1 aromatic rings. The first-order valence-electron chi connectivity index (χ1n) is 3.93. The lowest BCUT2D eigenvalue weighted by molar-refractivity contribution is 0.979. The maximum atomic E-state index is 5.91. The van der Waals surface area contributed by atoms with Crippen LogP contribution in [-0.2, 0) is 0 Å². The van der Waals surface area contributed by atoms with Gasteiger partial charge in [-0.25, -0.2) is 0 Å². The second-order valence-corrected chi connectivity index (χ2v) is 3.73. The van der Waals surface area contributed by atoms with Crippen molar-refractivity contribution >= 4 is 33.2 Å². The average Bonchev–Trinajstić information content (AvgIpc) is 2.08. The van der Waals surface area contributed by atoms with Crippen molar-refractivity contribution in [3.63, 3.8) is 0 Å². The zero-order valence-corrected chi connectivity index (χ0v) is 9.24. The smallest absolute Gasteiger partial charge is 0.0593 e. The number of anilines is 1. The second-order valence-electron chi connectivity index (χ2n) is 2.53. The first-order valence-corrected chi connectivity index (χ1v) is 5.10. The van der Waals surface area contributed by atoms with Gasteiger partial charge in [-0.3, -0.25) is 0 Å². The maximum absolute atomic E-state index is 5.91. The SMILES string of the molecule is CCCNc1cccc(Cl)c1Br. The van der Waals surface area contributed by atoms with Crippen molar-refractivity contribution in [1.82, 2.24) is 0 Å². The van der Waals surface area contributed by atoms with Crippen LogP contribution in [0, 0.1) is 0 Å². The molecular weight excluding hydrogens is 237 g/mol. The molecule has 0 spiro atoms. The normalized spacial score (nSPS) is 9.92. The number of hydrogen-bond acceptors (Lipinski definition) is 1. The molecular formula is C9H11BrClN. The Morgan fingerprint density at radius 1 is 1.50 bits per heavy atom. The van der Waals surface area contributed by atoms with Gasteiger partial charge in [0.1, 0.15) is 0 Å². The summed E-state index contributed by atoms with van der Waals surface area (Å²) in [6.07, 6.45) is 1.11. The molecule has 1 N–H and O–H groups in total. The monoisotopic (exact) mass is 247 g/mol. The van der Waals surface area contributed by atoms with Crippen molar-refractivity contribution in [3.05, 3.63) is 27.7 Å². The zero-order chi connectivity index (χ0) is 8.97. The fourth-order valence-electron chi connectivity index (χ4n) is 0.900. The van der Waals surface area contributed by atoms with E-state index in [4.69, 9.17) is 11.6 Å². The summed E-state index contributed by atoms with van der Waals surface area (Å²) in [5.74, 6) is 0. The summed E-state index contributed by atoms with van der Waals surface area (Å²) in [5, 5.41) is 4.02. The molecule has 1 rings (SSSR count). The van der Waals surface area contributed by atoms with Crippen LogP contribution in [0.5, 0.6) is 0 Å². The molecule has 1 nitrogen and oxygen atoms in total. The Morgan fingerprint density at radius 3 is 2.92 bits per heavy atom. The van der Waals surface area contributed by atoms with E-state index >= 15 is 0 Å². The molecule has 0 radical (unpaired) electrons. The maximum Gasteiger partial charge on any atom is 0.0593 e. The molecule has 0 amide bonds. The van der Waals surface area contributed by atoms with Crippen LogP contribution in [0.1, 0.15) is 13.3 Å². The summed E-state index contributed by atoms with van der Waals surface area (Å²) >= 11 is 9.32. The van der Waals surface area contributed by atoms with E-state index in [1.165, 1.54) is 0 Å². The van der Waals surface area contributed by atoms with Crippen LogP contribution in [0.25, 0.3) is 0 Å². The van der Waals surface area contributed by atoms with Gasteiger partial charge in [0.25, 0.3) is 0 Å². The van der Waals surface area contributed by atoms with Gasteiger partial charge >= 0.3 is 0 Å². The van der Waals surface area contributed by atoms with Crippen molar-refractivity contribution in [2.75, 3.05) is 11.9 Å². The number of halogens is 2. The third-order valence-electron chi connectivity index (χ3n) is 1.52. The number of benzene rings is 1. The van der Waals surface area contributed by atoms with Crippen LogP contribution in [0.2, 0.25) is 5.02 Å². The lowest BCUT2D eigenvalue weighted by atomic mass is 10.3. The van der Waals surface area contributed by atoms with Crippen molar-refractivity contribution in [2.24, 2.45) is 0 Å². The van der Waals surface area contributed by atoms with E-state index in [-0.39, 0.29) is 0 Å². The molecule has 0 heterocycles. The fraction of sp³-hybridized carbons (Fsp3) is 0.333. The van der Waals surface area contributed by atoms with Gasteiger partial charge in [0, 0.05) is 12.2 Å². The van der Waals surface area contributed by atoms with Gasteiger partial charge in [0.2, 0.25) is 0 Å². The van der Waals surface area contributed by atoms with E-state index in [0.717, 1.165) is 28.1 Å². The molecule has 0 unspecified atom stereocenters. The number of rotatable bonds is 3.